The molecule has 2 aromatic heterocycles. The Labute approximate surface area is 150 Å². The van der Waals surface area contributed by atoms with E-state index in [0.717, 1.165) is 33.7 Å². The van der Waals surface area contributed by atoms with Gasteiger partial charge < -0.3 is 5.11 Å². The Morgan fingerprint density at radius 2 is 1.85 bits per heavy atom. The van der Waals surface area contributed by atoms with Gasteiger partial charge in [0, 0.05) is 16.7 Å². The number of aliphatic hydroxyl groups is 1. The number of imidazole rings is 1. The van der Waals surface area contributed by atoms with Crippen molar-refractivity contribution in [3.63, 3.8) is 0 Å². The molecule has 128 valence electrons. The van der Waals surface area contributed by atoms with Crippen molar-refractivity contribution in [1.29, 1.82) is 0 Å². The first-order chi connectivity index (χ1) is 12.7. The van der Waals surface area contributed by atoms with Crippen molar-refractivity contribution in [2.45, 2.75) is 13.5 Å². The normalized spacial score (nSPS) is 11.0. The summed E-state index contributed by atoms with van der Waals surface area (Å²) in [6.45, 7) is 1.54. The van der Waals surface area contributed by atoms with Crippen molar-refractivity contribution >= 4 is 11.4 Å². The van der Waals surface area contributed by atoms with Gasteiger partial charge in [0.1, 0.15) is 0 Å². The molecule has 5 heteroatoms. The summed E-state index contributed by atoms with van der Waals surface area (Å²) in [6, 6.07) is 18.9. The molecular formula is C21H17N3O2. The minimum atomic E-state index is -0.00967. The lowest BCUT2D eigenvalue weighted by molar-refractivity contribution is 0.101. The molecule has 0 atom stereocenters. The largest absolute Gasteiger partial charge is 0.392 e. The van der Waals surface area contributed by atoms with Gasteiger partial charge in [0.15, 0.2) is 11.4 Å². The van der Waals surface area contributed by atoms with Crippen LogP contribution in [0.15, 0.2) is 66.9 Å². The van der Waals surface area contributed by atoms with E-state index in [0.29, 0.717) is 5.56 Å². The number of Topliss-reactive ketones (excluding diaryl/α,β-unsaturated/α-hetero) is 1. The lowest BCUT2D eigenvalue weighted by Crippen LogP contribution is -1.98. The molecule has 0 aliphatic carbocycles. The first kappa shape index (κ1) is 16.2. The number of carbonyl (C=O) groups excluding carboxylic acids is 1. The molecule has 0 saturated heterocycles. The summed E-state index contributed by atoms with van der Waals surface area (Å²) in [5.74, 6) is 0.0233. The van der Waals surface area contributed by atoms with E-state index in [9.17, 15) is 9.90 Å². The lowest BCUT2D eigenvalue weighted by Gasteiger charge is -2.06. The molecule has 0 aliphatic rings. The van der Waals surface area contributed by atoms with Gasteiger partial charge in [0.05, 0.1) is 24.2 Å². The maximum atomic E-state index is 11.7. The van der Waals surface area contributed by atoms with Crippen LogP contribution in [0.5, 0.6) is 0 Å². The third kappa shape index (κ3) is 2.89. The highest BCUT2D eigenvalue weighted by Crippen LogP contribution is 2.24. The second-order valence-electron chi connectivity index (χ2n) is 6.13. The van der Waals surface area contributed by atoms with Crippen LogP contribution in [0, 0.1) is 0 Å². The second kappa shape index (κ2) is 6.54. The Balaban J connectivity index is 1.85. The van der Waals surface area contributed by atoms with E-state index in [4.69, 9.17) is 5.10 Å². The zero-order valence-electron chi connectivity index (χ0n) is 14.3. The van der Waals surface area contributed by atoms with Crippen LogP contribution in [0.2, 0.25) is 0 Å². The van der Waals surface area contributed by atoms with Crippen LogP contribution in [-0.2, 0) is 6.61 Å². The fourth-order valence-electron chi connectivity index (χ4n) is 2.95. The highest BCUT2D eigenvalue weighted by Gasteiger charge is 2.11. The number of benzene rings is 2. The molecule has 5 nitrogen and oxygen atoms in total. The smallest absolute Gasteiger partial charge is 0.159 e. The summed E-state index contributed by atoms with van der Waals surface area (Å²) < 4.78 is 1.78. The van der Waals surface area contributed by atoms with E-state index in [1.54, 1.807) is 23.7 Å². The van der Waals surface area contributed by atoms with Gasteiger partial charge in [-0.05, 0) is 36.8 Å². The first-order valence-electron chi connectivity index (χ1n) is 8.32. The number of nitrogens with zero attached hydrogens (tertiary/aromatic N) is 3. The van der Waals surface area contributed by atoms with Crippen molar-refractivity contribution in [3.8, 4) is 22.5 Å². The van der Waals surface area contributed by atoms with E-state index in [1.165, 1.54) is 0 Å². The Kier molecular flexibility index (Phi) is 4.07. The van der Waals surface area contributed by atoms with Crippen LogP contribution in [0.1, 0.15) is 22.8 Å². The van der Waals surface area contributed by atoms with Crippen molar-refractivity contribution in [3.05, 3.63) is 78.0 Å². The molecule has 0 bridgehead atoms. The van der Waals surface area contributed by atoms with Gasteiger partial charge in [-0.2, -0.15) is 5.10 Å². The van der Waals surface area contributed by atoms with Crippen LogP contribution >= 0.6 is 0 Å². The summed E-state index contributed by atoms with van der Waals surface area (Å²) in [4.78, 5) is 16.1. The first-order valence-corrected chi connectivity index (χ1v) is 8.32. The SMILES string of the molecule is CC(=O)c1cccc(-c2cnc3ccc(-c4cccc(CO)c4)nn23)c1. The number of aromatic nitrogens is 3. The van der Waals surface area contributed by atoms with Gasteiger partial charge in [-0.3, -0.25) is 4.79 Å². The number of carbonyl (C=O) groups is 1. The molecule has 1 N–H and O–H groups in total. The van der Waals surface area contributed by atoms with Gasteiger partial charge in [-0.25, -0.2) is 9.50 Å². The molecular weight excluding hydrogens is 326 g/mol. The molecule has 2 aromatic carbocycles. The van der Waals surface area contributed by atoms with Crippen LogP contribution in [-0.4, -0.2) is 25.5 Å². The highest BCUT2D eigenvalue weighted by atomic mass is 16.3. The van der Waals surface area contributed by atoms with Crippen molar-refractivity contribution in [2.24, 2.45) is 0 Å². The van der Waals surface area contributed by atoms with E-state index in [-0.39, 0.29) is 12.4 Å². The average molecular weight is 343 g/mol. The maximum absolute atomic E-state index is 11.7. The zero-order valence-corrected chi connectivity index (χ0v) is 14.3. The molecule has 0 spiro atoms. The molecule has 0 aliphatic heterocycles. The Morgan fingerprint density at radius 3 is 2.65 bits per heavy atom. The van der Waals surface area contributed by atoms with E-state index >= 15 is 0 Å². The van der Waals surface area contributed by atoms with Crippen LogP contribution in [0.4, 0.5) is 0 Å². The summed E-state index contributed by atoms with van der Waals surface area (Å²) in [6.07, 6.45) is 1.76. The van der Waals surface area contributed by atoms with Crippen molar-refractivity contribution < 1.29 is 9.90 Å². The molecule has 0 amide bonds. The van der Waals surface area contributed by atoms with Crippen LogP contribution in [0.25, 0.3) is 28.2 Å². The maximum Gasteiger partial charge on any atom is 0.159 e. The van der Waals surface area contributed by atoms with Gasteiger partial charge in [0.25, 0.3) is 0 Å². The summed E-state index contributed by atoms with van der Waals surface area (Å²) in [5.41, 5.74) is 5.65. The van der Waals surface area contributed by atoms with Crippen molar-refractivity contribution in [2.75, 3.05) is 0 Å². The number of hydrogen-bond acceptors (Lipinski definition) is 4. The third-order valence-electron chi connectivity index (χ3n) is 4.33. The summed E-state index contributed by atoms with van der Waals surface area (Å²) >= 11 is 0. The third-order valence-corrected chi connectivity index (χ3v) is 4.33. The number of ketones is 1. The van der Waals surface area contributed by atoms with Gasteiger partial charge in [-0.1, -0.05) is 36.4 Å². The average Bonchev–Trinajstić information content (AvgIpc) is 3.11. The quantitative estimate of drug-likeness (QED) is 0.573. The second-order valence-corrected chi connectivity index (χ2v) is 6.13. The predicted molar refractivity (Wildman–Crippen MR) is 99.8 cm³/mol. The molecule has 26 heavy (non-hydrogen) atoms. The zero-order chi connectivity index (χ0) is 18.1. The topological polar surface area (TPSA) is 67.5 Å². The van der Waals surface area contributed by atoms with Gasteiger partial charge in [-0.15, -0.1) is 0 Å². The minimum Gasteiger partial charge on any atom is -0.392 e. The molecule has 4 rings (SSSR count). The number of rotatable bonds is 4. The molecule has 0 saturated carbocycles. The number of hydrogen-bond donors (Lipinski definition) is 1. The monoisotopic (exact) mass is 343 g/mol. The lowest BCUT2D eigenvalue weighted by atomic mass is 10.1. The summed E-state index contributed by atoms with van der Waals surface area (Å²) in [5, 5.41) is 14.1. The standard InChI is InChI=1S/C21H17N3O2/c1-14(26)16-5-3-7-18(11-16)20-12-22-21-9-8-19(23-24(20)21)17-6-2-4-15(10-17)13-25/h2-12,25H,13H2,1H3. The van der Waals surface area contributed by atoms with E-state index in [1.807, 2.05) is 54.6 Å². The minimum absolute atomic E-state index is 0.00967. The van der Waals surface area contributed by atoms with Gasteiger partial charge >= 0.3 is 0 Å². The number of aliphatic hydroxyl groups excluding tert-OH is 1. The van der Waals surface area contributed by atoms with E-state index < -0.39 is 0 Å². The predicted octanol–water partition coefficient (Wildman–Crippen LogP) is 3.76. The molecule has 0 fully saturated rings. The van der Waals surface area contributed by atoms with Crippen molar-refractivity contribution in [1.82, 2.24) is 14.6 Å². The number of fused-ring (bicyclic) bond motifs is 1. The van der Waals surface area contributed by atoms with E-state index in [2.05, 4.69) is 4.98 Å². The summed E-state index contributed by atoms with van der Waals surface area (Å²) in [7, 11) is 0. The fourth-order valence-corrected chi connectivity index (χ4v) is 2.95. The Morgan fingerprint density at radius 1 is 1.04 bits per heavy atom. The highest BCUT2D eigenvalue weighted by molar-refractivity contribution is 5.95. The molecule has 4 aromatic rings. The van der Waals surface area contributed by atoms with Crippen LogP contribution < -0.4 is 0 Å². The Bertz CT molecular complexity index is 1120. The van der Waals surface area contributed by atoms with Gasteiger partial charge in [0.2, 0.25) is 0 Å². The van der Waals surface area contributed by atoms with Crippen LogP contribution in [0.3, 0.4) is 0 Å². The molecule has 0 unspecified atom stereocenters. The fraction of sp³-hybridized carbons (Fsp3) is 0.0952. The Hall–Kier alpha value is -3.31. The molecule has 0 radical (unpaired) electrons. The molecule has 2 heterocycles.